The zero-order valence-corrected chi connectivity index (χ0v) is 14.2. The first kappa shape index (κ1) is 15.0. The molecular weight excluding hydrogens is 326 g/mol. The second kappa shape index (κ2) is 5.83. The molecule has 1 N–H and O–H groups in total. The van der Waals surface area contributed by atoms with E-state index >= 15 is 0 Å². The van der Waals surface area contributed by atoms with E-state index in [0.29, 0.717) is 23.8 Å². The number of hydrogen-bond acceptors (Lipinski definition) is 5. The van der Waals surface area contributed by atoms with E-state index in [2.05, 4.69) is 10.4 Å². The lowest BCUT2D eigenvalue weighted by Gasteiger charge is -2.26. The number of carbonyl (C=O) groups is 1. The highest BCUT2D eigenvalue weighted by molar-refractivity contribution is 7.20. The van der Waals surface area contributed by atoms with E-state index in [4.69, 9.17) is 9.47 Å². The van der Waals surface area contributed by atoms with Crippen LogP contribution in [0.4, 0.5) is 0 Å². The summed E-state index contributed by atoms with van der Waals surface area (Å²) in [6.45, 7) is 2.77. The molecule has 0 aliphatic carbocycles. The predicted molar refractivity (Wildman–Crippen MR) is 92.0 cm³/mol. The van der Waals surface area contributed by atoms with Gasteiger partial charge in [0.05, 0.1) is 17.1 Å². The summed E-state index contributed by atoms with van der Waals surface area (Å²) in [5.41, 5.74) is 0.934. The standard InChI is InChI=1S/C17H17N3O3S/c1-10-12-7-15(24-17(12)20(2)19-10)16(21)18-8-11-9-22-13-5-3-4-6-14(13)23-11/h3-7,11H,8-9H2,1-2H3,(H,18,21)/t11-/m0/s1. The molecule has 0 saturated heterocycles. The number of benzene rings is 1. The van der Waals surface area contributed by atoms with Gasteiger partial charge in [-0.1, -0.05) is 12.1 Å². The summed E-state index contributed by atoms with van der Waals surface area (Å²) in [5.74, 6) is 1.36. The highest BCUT2D eigenvalue weighted by atomic mass is 32.1. The Balaban J connectivity index is 1.42. The van der Waals surface area contributed by atoms with Gasteiger partial charge in [-0.2, -0.15) is 5.10 Å². The Morgan fingerprint density at radius 1 is 1.42 bits per heavy atom. The minimum absolute atomic E-state index is 0.0990. The number of ether oxygens (including phenoxy) is 2. The van der Waals surface area contributed by atoms with Crippen LogP contribution in [0.2, 0.25) is 0 Å². The third-order valence-electron chi connectivity index (χ3n) is 3.98. The van der Waals surface area contributed by atoms with Crippen molar-refractivity contribution in [1.29, 1.82) is 0 Å². The molecule has 3 heterocycles. The van der Waals surface area contributed by atoms with Gasteiger partial charge in [-0.05, 0) is 25.1 Å². The number of nitrogens with one attached hydrogen (secondary N) is 1. The van der Waals surface area contributed by atoms with Gasteiger partial charge in [0.15, 0.2) is 11.5 Å². The van der Waals surface area contributed by atoms with Crippen LogP contribution in [0.25, 0.3) is 10.2 Å². The number of carbonyl (C=O) groups excluding carboxylic acids is 1. The normalized spacial score (nSPS) is 16.3. The van der Waals surface area contributed by atoms with E-state index in [1.807, 2.05) is 44.3 Å². The molecule has 3 aromatic rings. The molecule has 6 nitrogen and oxygen atoms in total. The SMILES string of the molecule is Cc1nn(C)c2sc(C(=O)NC[C@H]3COc4ccccc4O3)cc12. The van der Waals surface area contributed by atoms with E-state index in [1.54, 1.807) is 4.68 Å². The van der Waals surface area contributed by atoms with Crippen LogP contribution in [0.1, 0.15) is 15.4 Å². The quantitative estimate of drug-likeness (QED) is 0.794. The molecular formula is C17H17N3O3S. The van der Waals surface area contributed by atoms with Crippen molar-refractivity contribution < 1.29 is 14.3 Å². The van der Waals surface area contributed by atoms with Crippen molar-refractivity contribution in [1.82, 2.24) is 15.1 Å². The first-order chi connectivity index (χ1) is 11.6. The Labute approximate surface area is 143 Å². The second-order valence-corrected chi connectivity index (χ2v) is 6.78. The van der Waals surface area contributed by atoms with Gasteiger partial charge in [-0.15, -0.1) is 11.3 Å². The minimum atomic E-state index is -0.193. The molecule has 7 heteroatoms. The van der Waals surface area contributed by atoms with E-state index in [1.165, 1.54) is 11.3 Å². The monoisotopic (exact) mass is 343 g/mol. The lowest BCUT2D eigenvalue weighted by Crippen LogP contribution is -2.40. The number of para-hydroxylation sites is 2. The molecule has 24 heavy (non-hydrogen) atoms. The molecule has 0 saturated carbocycles. The number of hydrogen-bond donors (Lipinski definition) is 1. The summed E-state index contributed by atoms with van der Waals surface area (Å²) in [7, 11) is 1.89. The first-order valence-corrected chi connectivity index (χ1v) is 8.53. The highest BCUT2D eigenvalue weighted by Gasteiger charge is 2.22. The Bertz CT molecular complexity index is 881. The first-order valence-electron chi connectivity index (χ1n) is 7.71. The van der Waals surface area contributed by atoms with Crippen LogP contribution < -0.4 is 14.8 Å². The Morgan fingerprint density at radius 3 is 3.00 bits per heavy atom. The molecule has 1 aliphatic heterocycles. The van der Waals surface area contributed by atoms with E-state index in [0.717, 1.165) is 21.7 Å². The van der Waals surface area contributed by atoms with Gasteiger partial charge < -0.3 is 14.8 Å². The number of aryl methyl sites for hydroxylation is 2. The molecule has 1 aliphatic rings. The van der Waals surface area contributed by atoms with Crippen molar-refractivity contribution in [3.63, 3.8) is 0 Å². The largest absolute Gasteiger partial charge is 0.486 e. The summed E-state index contributed by atoms with van der Waals surface area (Å²) in [5, 5.41) is 8.30. The number of nitrogens with zero attached hydrogens (tertiary/aromatic N) is 2. The summed E-state index contributed by atoms with van der Waals surface area (Å²) < 4.78 is 13.3. The van der Waals surface area contributed by atoms with Crippen LogP contribution in [-0.2, 0) is 7.05 Å². The molecule has 0 unspecified atom stereocenters. The Hall–Kier alpha value is -2.54. The third kappa shape index (κ3) is 2.60. The fourth-order valence-electron chi connectivity index (χ4n) is 2.77. The van der Waals surface area contributed by atoms with Gasteiger partial charge in [0.1, 0.15) is 17.5 Å². The Kier molecular flexibility index (Phi) is 3.65. The van der Waals surface area contributed by atoms with Crippen LogP contribution >= 0.6 is 11.3 Å². The van der Waals surface area contributed by atoms with Crippen LogP contribution in [0.15, 0.2) is 30.3 Å². The van der Waals surface area contributed by atoms with Gasteiger partial charge >= 0.3 is 0 Å². The smallest absolute Gasteiger partial charge is 0.261 e. The number of thiophene rings is 1. The second-order valence-electron chi connectivity index (χ2n) is 5.75. The summed E-state index contributed by atoms with van der Waals surface area (Å²) in [4.78, 5) is 14.1. The fourth-order valence-corrected chi connectivity index (χ4v) is 3.81. The molecule has 0 bridgehead atoms. The maximum absolute atomic E-state index is 12.4. The molecule has 2 aromatic heterocycles. The van der Waals surface area contributed by atoms with E-state index in [-0.39, 0.29) is 12.0 Å². The topological polar surface area (TPSA) is 65.4 Å². The van der Waals surface area contributed by atoms with Crippen molar-refractivity contribution in [2.75, 3.05) is 13.2 Å². The van der Waals surface area contributed by atoms with Crippen molar-refractivity contribution >= 4 is 27.5 Å². The van der Waals surface area contributed by atoms with E-state index in [9.17, 15) is 4.79 Å². The van der Waals surface area contributed by atoms with Gasteiger partial charge in [0.2, 0.25) is 0 Å². The Morgan fingerprint density at radius 2 is 2.21 bits per heavy atom. The molecule has 0 radical (unpaired) electrons. The number of amides is 1. The van der Waals surface area contributed by atoms with Crippen molar-refractivity contribution in [2.24, 2.45) is 7.05 Å². The van der Waals surface area contributed by atoms with Crippen molar-refractivity contribution in [2.45, 2.75) is 13.0 Å². The fraction of sp³-hybridized carbons (Fsp3) is 0.294. The number of aromatic nitrogens is 2. The van der Waals surface area contributed by atoms with Crippen LogP contribution in [-0.4, -0.2) is 34.9 Å². The third-order valence-corrected chi connectivity index (χ3v) is 5.18. The molecule has 0 fully saturated rings. The average molecular weight is 343 g/mol. The highest BCUT2D eigenvalue weighted by Crippen LogP contribution is 2.31. The number of fused-ring (bicyclic) bond motifs is 2. The van der Waals surface area contributed by atoms with Gasteiger partial charge in [0.25, 0.3) is 5.91 Å². The van der Waals surface area contributed by atoms with E-state index < -0.39 is 0 Å². The van der Waals surface area contributed by atoms with Crippen LogP contribution in [0.5, 0.6) is 11.5 Å². The maximum Gasteiger partial charge on any atom is 0.261 e. The zero-order valence-electron chi connectivity index (χ0n) is 13.4. The lowest BCUT2D eigenvalue weighted by atomic mass is 10.2. The zero-order chi connectivity index (χ0) is 16.7. The summed E-state index contributed by atoms with van der Waals surface area (Å²) in [6, 6.07) is 9.44. The average Bonchev–Trinajstić information content (AvgIpc) is 3.14. The van der Waals surface area contributed by atoms with Crippen molar-refractivity contribution in [3.05, 3.63) is 40.9 Å². The van der Waals surface area contributed by atoms with Gasteiger partial charge in [-0.3, -0.25) is 9.48 Å². The maximum atomic E-state index is 12.4. The molecule has 1 atom stereocenters. The van der Waals surface area contributed by atoms with Gasteiger partial charge in [-0.25, -0.2) is 0 Å². The molecule has 0 spiro atoms. The lowest BCUT2D eigenvalue weighted by molar-refractivity contribution is 0.0791. The molecule has 4 rings (SSSR count). The molecule has 124 valence electrons. The van der Waals surface area contributed by atoms with Gasteiger partial charge in [0, 0.05) is 12.4 Å². The summed E-state index contributed by atoms with van der Waals surface area (Å²) >= 11 is 1.44. The van der Waals surface area contributed by atoms with Crippen LogP contribution in [0, 0.1) is 6.92 Å². The predicted octanol–water partition coefficient (Wildman–Crippen LogP) is 2.51. The number of rotatable bonds is 3. The molecule has 1 aromatic carbocycles. The molecule has 1 amide bonds. The van der Waals surface area contributed by atoms with Crippen LogP contribution in [0.3, 0.4) is 0 Å². The minimum Gasteiger partial charge on any atom is -0.486 e. The summed E-state index contributed by atoms with van der Waals surface area (Å²) in [6.07, 6.45) is -0.193. The van der Waals surface area contributed by atoms with Crippen molar-refractivity contribution in [3.8, 4) is 11.5 Å².